The summed E-state index contributed by atoms with van der Waals surface area (Å²) in [5.74, 6) is -2.07. The Bertz CT molecular complexity index is 825. The summed E-state index contributed by atoms with van der Waals surface area (Å²) < 4.78 is 52.8. The molecule has 1 aliphatic rings. The highest BCUT2D eigenvalue weighted by molar-refractivity contribution is 7.99. The average molecular weight is 398 g/mol. The molecule has 3 nitrogen and oxygen atoms in total. The molecule has 1 fully saturated rings. The molecule has 0 spiro atoms. The number of carbonyl (C=O) groups excluding carboxylic acids is 1. The number of anilines is 1. The largest absolute Gasteiger partial charge is 0.416 e. The first kappa shape index (κ1) is 19.5. The van der Waals surface area contributed by atoms with Crippen LogP contribution in [0.3, 0.4) is 0 Å². The van der Waals surface area contributed by atoms with E-state index < -0.39 is 40.7 Å². The molecular weight excluding hydrogens is 380 g/mol. The van der Waals surface area contributed by atoms with Gasteiger partial charge in [-0.15, -0.1) is 11.8 Å². The zero-order valence-electron chi connectivity index (χ0n) is 14.4. The van der Waals surface area contributed by atoms with Crippen molar-refractivity contribution in [1.82, 2.24) is 0 Å². The maximum absolute atomic E-state index is 14.3. The molecule has 3 atom stereocenters. The fourth-order valence-electron chi connectivity index (χ4n) is 3.59. The summed E-state index contributed by atoms with van der Waals surface area (Å²) in [6, 6.07) is 10.9. The summed E-state index contributed by atoms with van der Waals surface area (Å²) in [4.78, 5) is 13.9. The van der Waals surface area contributed by atoms with Gasteiger partial charge in [-0.1, -0.05) is 24.3 Å². The van der Waals surface area contributed by atoms with Gasteiger partial charge in [-0.25, -0.2) is 4.39 Å². The molecule has 1 amide bonds. The molecule has 0 aliphatic carbocycles. The number of nitrogens with two attached hydrogens (primary N) is 1. The second-order valence-electron chi connectivity index (χ2n) is 6.38. The van der Waals surface area contributed by atoms with Gasteiger partial charge in [-0.2, -0.15) is 13.2 Å². The van der Waals surface area contributed by atoms with Crippen LogP contribution < -0.4 is 10.6 Å². The summed E-state index contributed by atoms with van der Waals surface area (Å²) in [6.45, 7) is 0.283. The lowest BCUT2D eigenvalue weighted by atomic mass is 9.88. The average Bonchev–Trinajstić information content (AvgIpc) is 3.01. The summed E-state index contributed by atoms with van der Waals surface area (Å²) in [5.41, 5.74) is 5.78. The third kappa shape index (κ3) is 3.76. The first-order valence-electron chi connectivity index (χ1n) is 8.24. The molecule has 2 N–H and O–H groups in total. The Morgan fingerprint density at radius 3 is 2.30 bits per heavy atom. The molecule has 3 unspecified atom stereocenters. The standard InChI is InChI=1S/C19H18F4N2OS/c1-27-18-16(17(24)26)13(10-25(18)15-5-3-2-4-14(15)20)11-6-8-12(9-7-11)19(21,22)23/h2-9,13,16,18H,10H2,1H3,(H2,24,26). The van der Waals surface area contributed by atoms with Gasteiger partial charge in [-0.3, -0.25) is 4.79 Å². The van der Waals surface area contributed by atoms with Crippen LogP contribution in [0.15, 0.2) is 48.5 Å². The van der Waals surface area contributed by atoms with Gasteiger partial charge >= 0.3 is 6.18 Å². The third-order valence-electron chi connectivity index (χ3n) is 4.84. The summed E-state index contributed by atoms with van der Waals surface area (Å²) in [5, 5.41) is -0.410. The minimum absolute atomic E-state index is 0.283. The number of benzene rings is 2. The number of amides is 1. The second-order valence-corrected chi connectivity index (χ2v) is 7.34. The summed E-state index contributed by atoms with van der Waals surface area (Å²) in [6.07, 6.45) is -2.64. The lowest BCUT2D eigenvalue weighted by Crippen LogP contribution is -2.36. The normalized spacial score (nSPS) is 22.9. The SMILES string of the molecule is CSC1C(C(N)=O)C(c2ccc(C(F)(F)F)cc2)CN1c1ccccc1F. The Balaban J connectivity index is 1.99. The van der Waals surface area contributed by atoms with Gasteiger partial charge in [0.25, 0.3) is 0 Å². The molecule has 3 rings (SSSR count). The Labute approximate surface area is 158 Å². The number of para-hydroxylation sites is 1. The van der Waals surface area contributed by atoms with E-state index in [-0.39, 0.29) is 6.54 Å². The third-order valence-corrected chi connectivity index (χ3v) is 5.87. The van der Waals surface area contributed by atoms with E-state index in [0.717, 1.165) is 12.1 Å². The van der Waals surface area contributed by atoms with Crippen LogP contribution in [0, 0.1) is 11.7 Å². The van der Waals surface area contributed by atoms with Crippen molar-refractivity contribution >= 4 is 23.4 Å². The Kier molecular flexibility index (Phi) is 5.37. The van der Waals surface area contributed by atoms with Crippen molar-refractivity contribution in [2.75, 3.05) is 17.7 Å². The van der Waals surface area contributed by atoms with Crippen LogP contribution in [-0.4, -0.2) is 24.1 Å². The number of nitrogens with zero attached hydrogens (tertiary/aromatic N) is 1. The van der Waals surface area contributed by atoms with Crippen molar-refractivity contribution < 1.29 is 22.4 Å². The molecule has 27 heavy (non-hydrogen) atoms. The molecule has 1 heterocycles. The van der Waals surface area contributed by atoms with Crippen molar-refractivity contribution in [3.8, 4) is 0 Å². The van der Waals surface area contributed by atoms with E-state index in [1.807, 2.05) is 0 Å². The Morgan fingerprint density at radius 2 is 1.78 bits per heavy atom. The minimum Gasteiger partial charge on any atom is -0.369 e. The zero-order chi connectivity index (χ0) is 19.8. The van der Waals surface area contributed by atoms with Crippen LogP contribution in [0.25, 0.3) is 0 Å². The number of alkyl halides is 3. The van der Waals surface area contributed by atoms with Crippen LogP contribution in [0.1, 0.15) is 17.0 Å². The Morgan fingerprint density at radius 1 is 1.15 bits per heavy atom. The van der Waals surface area contributed by atoms with Crippen molar-refractivity contribution in [3.05, 3.63) is 65.5 Å². The summed E-state index contributed by atoms with van der Waals surface area (Å²) >= 11 is 1.36. The molecule has 2 aromatic rings. The van der Waals surface area contributed by atoms with Gasteiger partial charge in [-0.05, 0) is 36.1 Å². The molecule has 144 valence electrons. The first-order valence-corrected chi connectivity index (χ1v) is 9.53. The van der Waals surface area contributed by atoms with Crippen LogP contribution >= 0.6 is 11.8 Å². The monoisotopic (exact) mass is 398 g/mol. The molecule has 0 bridgehead atoms. The van der Waals surface area contributed by atoms with E-state index in [9.17, 15) is 22.4 Å². The lowest BCUT2D eigenvalue weighted by molar-refractivity contribution is -0.137. The lowest BCUT2D eigenvalue weighted by Gasteiger charge is -2.27. The maximum atomic E-state index is 14.3. The fourth-order valence-corrected chi connectivity index (χ4v) is 4.66. The molecule has 0 saturated carbocycles. The number of hydrogen-bond acceptors (Lipinski definition) is 3. The molecule has 1 saturated heterocycles. The van der Waals surface area contributed by atoms with Crippen molar-refractivity contribution in [2.24, 2.45) is 11.7 Å². The Hall–Kier alpha value is -2.22. The molecule has 0 radical (unpaired) electrons. The van der Waals surface area contributed by atoms with E-state index in [1.165, 1.54) is 30.0 Å². The van der Waals surface area contributed by atoms with Gasteiger partial charge in [0.2, 0.25) is 5.91 Å². The molecule has 0 aromatic heterocycles. The predicted molar refractivity (Wildman–Crippen MR) is 97.9 cm³/mol. The van der Waals surface area contributed by atoms with Crippen LogP contribution in [0.2, 0.25) is 0 Å². The van der Waals surface area contributed by atoms with Crippen molar-refractivity contribution in [3.63, 3.8) is 0 Å². The van der Waals surface area contributed by atoms with E-state index >= 15 is 0 Å². The summed E-state index contributed by atoms with van der Waals surface area (Å²) in [7, 11) is 0. The smallest absolute Gasteiger partial charge is 0.369 e. The second kappa shape index (κ2) is 7.42. The van der Waals surface area contributed by atoms with Gasteiger partial charge < -0.3 is 10.6 Å². The molecule has 8 heteroatoms. The highest BCUT2D eigenvalue weighted by atomic mass is 32.2. The van der Waals surface area contributed by atoms with E-state index in [0.29, 0.717) is 11.3 Å². The minimum atomic E-state index is -4.43. The maximum Gasteiger partial charge on any atom is 0.416 e. The van der Waals surface area contributed by atoms with Crippen molar-refractivity contribution in [1.29, 1.82) is 0 Å². The fraction of sp³-hybridized carbons (Fsp3) is 0.316. The van der Waals surface area contributed by atoms with Gasteiger partial charge in [0.1, 0.15) is 5.82 Å². The topological polar surface area (TPSA) is 46.3 Å². The highest BCUT2D eigenvalue weighted by Gasteiger charge is 2.46. The van der Waals surface area contributed by atoms with Crippen LogP contribution in [0.5, 0.6) is 0 Å². The first-order chi connectivity index (χ1) is 12.7. The van der Waals surface area contributed by atoms with Gasteiger partial charge in [0, 0.05) is 12.5 Å². The van der Waals surface area contributed by atoms with E-state index in [4.69, 9.17) is 5.73 Å². The highest BCUT2D eigenvalue weighted by Crippen LogP contribution is 2.44. The molecular formula is C19H18F4N2OS. The van der Waals surface area contributed by atoms with Crippen LogP contribution in [0.4, 0.5) is 23.2 Å². The van der Waals surface area contributed by atoms with E-state index in [2.05, 4.69) is 0 Å². The van der Waals surface area contributed by atoms with Gasteiger partial charge in [0.05, 0.1) is 22.5 Å². The number of thioether (sulfide) groups is 1. The zero-order valence-corrected chi connectivity index (χ0v) is 15.2. The van der Waals surface area contributed by atoms with Gasteiger partial charge in [0.15, 0.2) is 0 Å². The predicted octanol–water partition coefficient (Wildman–Crippen LogP) is 4.24. The number of halogens is 4. The van der Waals surface area contributed by atoms with Crippen molar-refractivity contribution in [2.45, 2.75) is 17.5 Å². The number of carbonyl (C=O) groups is 1. The number of rotatable bonds is 4. The number of primary amides is 1. The van der Waals surface area contributed by atoms with Crippen LogP contribution in [-0.2, 0) is 11.0 Å². The molecule has 2 aromatic carbocycles. The molecule has 1 aliphatic heterocycles. The van der Waals surface area contributed by atoms with E-state index in [1.54, 1.807) is 29.4 Å². The quantitative estimate of drug-likeness (QED) is 0.784. The number of hydrogen-bond donors (Lipinski definition) is 1.